The van der Waals surface area contributed by atoms with Gasteiger partial charge < -0.3 is 4.42 Å². The van der Waals surface area contributed by atoms with E-state index in [0.717, 1.165) is 50.0 Å². The number of imidazole rings is 1. The molecule has 0 saturated carbocycles. The Morgan fingerprint density at radius 2 is 1.18 bits per heavy atom. The number of benzene rings is 7. The first kappa shape index (κ1) is 39.7. The summed E-state index contributed by atoms with van der Waals surface area (Å²) in [6.45, 7) is 21.4. The summed E-state index contributed by atoms with van der Waals surface area (Å²) < 4.78 is 15.2. The number of fused-ring (bicyclic) bond motifs is 16. The van der Waals surface area contributed by atoms with Gasteiger partial charge in [0, 0.05) is 33.2 Å². The van der Waals surface area contributed by atoms with E-state index in [2.05, 4.69) is 245 Å². The lowest BCUT2D eigenvalue weighted by Gasteiger charge is -2.24. The maximum atomic E-state index is 7.24. The van der Waals surface area contributed by atoms with Crippen LogP contribution in [-0.4, -0.2) is 12.6 Å². The highest BCUT2D eigenvalue weighted by Crippen LogP contribution is 2.54. The third-order valence-electron chi connectivity index (χ3n) is 14.3. The van der Waals surface area contributed by atoms with Crippen LogP contribution in [0.15, 0.2) is 174 Å². The molecule has 318 valence electrons. The Morgan fingerprint density at radius 1 is 0.554 bits per heavy atom. The number of furan rings is 1. The second-order valence-electron chi connectivity index (χ2n) is 21.5. The van der Waals surface area contributed by atoms with Crippen molar-refractivity contribution in [2.45, 2.75) is 77.7 Å². The van der Waals surface area contributed by atoms with Crippen LogP contribution in [-0.2, 0) is 16.5 Å². The summed E-state index contributed by atoms with van der Waals surface area (Å²) in [5.41, 5.74) is 17.7. The highest BCUT2D eigenvalue weighted by atomic mass is 28.3. The van der Waals surface area contributed by atoms with Gasteiger partial charge in [0.2, 0.25) is 5.69 Å². The average Bonchev–Trinajstić information content (AvgIpc) is 4.01. The highest BCUT2D eigenvalue weighted by molar-refractivity contribution is 6.88. The van der Waals surface area contributed by atoms with Crippen molar-refractivity contribution in [3.63, 3.8) is 0 Å². The first-order chi connectivity index (χ1) is 31.2. The summed E-state index contributed by atoms with van der Waals surface area (Å²) in [5, 5.41) is 3.67. The second-order valence-corrected chi connectivity index (χ2v) is 26.5. The molecule has 7 aromatic carbocycles. The molecule has 0 bridgehead atoms. The van der Waals surface area contributed by atoms with Crippen molar-refractivity contribution < 1.29 is 13.6 Å². The Morgan fingerprint density at radius 3 is 1.85 bits per heavy atom. The van der Waals surface area contributed by atoms with Gasteiger partial charge in [0.15, 0.2) is 22.8 Å². The zero-order valence-electron chi connectivity index (χ0n) is 38.9. The summed E-state index contributed by atoms with van der Waals surface area (Å²) in [6.07, 6.45) is 2.52. The van der Waals surface area contributed by atoms with Crippen LogP contribution in [0, 0.1) is 0 Å². The molecule has 10 aromatic rings. The molecule has 5 heterocycles. The zero-order valence-corrected chi connectivity index (χ0v) is 39.9. The Balaban J connectivity index is 1.35. The molecule has 3 aromatic heterocycles. The normalized spacial score (nSPS) is 15.5. The molecular formula is C60H55N3OSi+2. The predicted octanol–water partition coefficient (Wildman–Crippen LogP) is 13.8. The maximum absolute atomic E-state index is 7.24. The van der Waals surface area contributed by atoms with Gasteiger partial charge in [0.05, 0.1) is 24.8 Å². The van der Waals surface area contributed by atoms with Crippen molar-refractivity contribution >= 4 is 46.2 Å². The van der Waals surface area contributed by atoms with Gasteiger partial charge >= 0.3 is 11.5 Å². The molecular weight excluding hydrogens is 807 g/mol. The topological polar surface area (TPSA) is 25.8 Å². The largest absolute Gasteiger partial charge is 0.455 e. The molecule has 5 heteroatoms. The molecule has 2 aliphatic heterocycles. The van der Waals surface area contributed by atoms with Crippen LogP contribution >= 0.6 is 0 Å². The molecule has 2 aliphatic rings. The minimum absolute atomic E-state index is 0.0747. The lowest BCUT2D eigenvalue weighted by Crippen LogP contribution is -2.72. The number of nitrogens with zero attached hydrogens (tertiary/aromatic N) is 3. The molecule has 12 rings (SSSR count). The van der Waals surface area contributed by atoms with Crippen molar-refractivity contribution in [1.29, 1.82) is 0 Å². The Bertz CT molecular complexity index is 3470. The van der Waals surface area contributed by atoms with Gasteiger partial charge in [-0.1, -0.05) is 164 Å². The fourth-order valence-corrected chi connectivity index (χ4v) is 12.0. The molecule has 0 radical (unpaired) electrons. The van der Waals surface area contributed by atoms with Crippen LogP contribution < -0.4 is 14.3 Å². The van der Waals surface area contributed by atoms with Gasteiger partial charge in [-0.05, 0) is 87.7 Å². The van der Waals surface area contributed by atoms with Crippen molar-refractivity contribution in [2.75, 3.05) is 0 Å². The van der Waals surface area contributed by atoms with Gasteiger partial charge in [-0.3, -0.25) is 0 Å². The number of pyridine rings is 1. The Kier molecular flexibility index (Phi) is 8.32. The van der Waals surface area contributed by atoms with Crippen molar-refractivity contribution in [3.05, 3.63) is 192 Å². The number of hydrogen-bond acceptors (Lipinski definition) is 1. The minimum Gasteiger partial charge on any atom is -0.455 e. The summed E-state index contributed by atoms with van der Waals surface area (Å²) in [7, 11) is -1.80. The monoisotopic (exact) mass is 861 g/mol. The van der Waals surface area contributed by atoms with Crippen LogP contribution in [0.25, 0.3) is 83.6 Å². The van der Waals surface area contributed by atoms with Crippen LogP contribution in [0.1, 0.15) is 63.8 Å². The summed E-state index contributed by atoms with van der Waals surface area (Å²) >= 11 is 0. The molecule has 0 amide bonds. The Labute approximate surface area is 383 Å². The molecule has 0 saturated heterocycles. The first-order valence-electron chi connectivity index (χ1n) is 23.2. The van der Waals surface area contributed by atoms with Crippen molar-refractivity contribution in [3.8, 4) is 50.6 Å². The molecule has 4 nitrogen and oxygen atoms in total. The number of rotatable bonds is 4. The minimum atomic E-state index is -1.80. The third kappa shape index (κ3) is 5.61. The number of hydrogen-bond donors (Lipinski definition) is 0. The predicted molar refractivity (Wildman–Crippen MR) is 271 cm³/mol. The molecule has 1 atom stereocenters. The quantitative estimate of drug-likeness (QED) is 0.128. The summed E-state index contributed by atoms with van der Waals surface area (Å²) in [4.78, 5) is 0. The lowest BCUT2D eigenvalue weighted by molar-refractivity contribution is -0.944. The molecule has 0 aliphatic carbocycles. The lowest BCUT2D eigenvalue weighted by atomic mass is 9.81. The van der Waals surface area contributed by atoms with Gasteiger partial charge in [-0.15, -0.1) is 9.13 Å². The number of aromatic nitrogens is 3. The van der Waals surface area contributed by atoms with Crippen LogP contribution in [0.2, 0.25) is 19.6 Å². The third-order valence-corrected chi connectivity index (χ3v) is 16.4. The van der Waals surface area contributed by atoms with Crippen LogP contribution in [0.5, 0.6) is 0 Å². The molecule has 1 spiro atoms. The van der Waals surface area contributed by atoms with E-state index in [4.69, 9.17) is 4.42 Å². The molecule has 65 heavy (non-hydrogen) atoms. The van der Waals surface area contributed by atoms with E-state index in [-0.39, 0.29) is 10.8 Å². The molecule has 1 unspecified atom stereocenters. The second kappa shape index (κ2) is 13.6. The van der Waals surface area contributed by atoms with Gasteiger partial charge in [-0.2, -0.15) is 4.57 Å². The average molecular weight is 862 g/mol. The standard InChI is InChI=1S/C60H55N3OSi/c1-58(2,3)40-28-30-45-49(36-40)60(61-37-42(65(7,8)9)29-33-50(45)61)48-32-31-44-43-24-16-19-27-53(43)64-56(44)54(48)57-62(51-25-17-18-26-52(51)63(57)60)55-46(38-20-12-10-13-21-38)34-41(59(4,5)6)35-47(55)39-22-14-11-15-23-39/h10-37H,1-9H3/q+2. The maximum Gasteiger partial charge on any atom is 0.364 e. The smallest absolute Gasteiger partial charge is 0.364 e. The van der Waals surface area contributed by atoms with Gasteiger partial charge in [-0.25, -0.2) is 0 Å². The molecule has 0 fully saturated rings. The summed E-state index contributed by atoms with van der Waals surface area (Å²) in [5.74, 6) is 1.11. The van der Waals surface area contributed by atoms with E-state index < -0.39 is 13.7 Å². The van der Waals surface area contributed by atoms with E-state index >= 15 is 0 Å². The van der Waals surface area contributed by atoms with Crippen LogP contribution in [0.3, 0.4) is 0 Å². The van der Waals surface area contributed by atoms with E-state index in [1.54, 1.807) is 0 Å². The SMILES string of the molecule is CC(C)(C)c1cc(-c2ccccc2)c(-n2c3[n+](c4ccccc42)C2(c4cc(C(C)(C)C)ccc4-c4ccc([Si](C)(C)C)c[n+]42)c2ccc4c(oc5ccccc54)c2-3)c(-c2ccccc2)c1. The summed E-state index contributed by atoms with van der Waals surface area (Å²) in [6, 6.07) is 61.5. The van der Waals surface area contributed by atoms with E-state index in [1.165, 1.54) is 61.0 Å². The zero-order chi connectivity index (χ0) is 44.8. The van der Waals surface area contributed by atoms with Crippen molar-refractivity contribution in [2.24, 2.45) is 0 Å². The Hall–Kier alpha value is -6.82. The molecule has 0 N–H and O–H groups in total. The van der Waals surface area contributed by atoms with Gasteiger partial charge in [0.1, 0.15) is 16.8 Å². The van der Waals surface area contributed by atoms with E-state index in [0.29, 0.717) is 0 Å². The fourth-order valence-electron chi connectivity index (χ4n) is 10.9. The van der Waals surface area contributed by atoms with Gasteiger partial charge in [0.25, 0.3) is 0 Å². The van der Waals surface area contributed by atoms with E-state index in [9.17, 15) is 0 Å². The van der Waals surface area contributed by atoms with E-state index in [1.807, 2.05) is 0 Å². The first-order valence-corrected chi connectivity index (χ1v) is 26.7. The number of para-hydroxylation sites is 3. The van der Waals surface area contributed by atoms with Crippen LogP contribution in [0.4, 0.5) is 0 Å². The van der Waals surface area contributed by atoms with Crippen molar-refractivity contribution in [1.82, 2.24) is 4.57 Å². The fraction of sp³-hybridized carbons (Fsp3) is 0.200. The highest BCUT2D eigenvalue weighted by Gasteiger charge is 2.67.